The molecule has 0 fully saturated rings. The van der Waals surface area contributed by atoms with E-state index in [0.29, 0.717) is 17.3 Å². The van der Waals surface area contributed by atoms with Crippen molar-refractivity contribution < 1.29 is 9.53 Å². The molecule has 0 aliphatic rings. The molecule has 1 heterocycles. The Hall–Kier alpha value is -1.48. The van der Waals surface area contributed by atoms with Crippen LogP contribution in [0.5, 0.6) is 0 Å². The first-order valence-electron chi connectivity index (χ1n) is 5.50. The number of aromatic amines is 1. The highest BCUT2D eigenvalue weighted by Crippen LogP contribution is 2.28. The lowest BCUT2D eigenvalue weighted by Gasteiger charge is -1.99. The zero-order chi connectivity index (χ0) is 12.6. The van der Waals surface area contributed by atoms with Gasteiger partial charge in [0.15, 0.2) is 0 Å². The SMILES string of the molecule is CCOC(=O)c1[nH]c2c(C)cc(Cl)cc2c1C. The molecule has 0 unspecified atom stereocenters. The van der Waals surface area contributed by atoms with Gasteiger partial charge >= 0.3 is 5.97 Å². The minimum atomic E-state index is -0.322. The number of aryl methyl sites for hydroxylation is 2. The van der Waals surface area contributed by atoms with Crippen LogP contribution in [0.4, 0.5) is 0 Å². The molecule has 1 N–H and O–H groups in total. The lowest BCUT2D eigenvalue weighted by Crippen LogP contribution is -2.06. The zero-order valence-electron chi connectivity index (χ0n) is 10.1. The van der Waals surface area contributed by atoms with Gasteiger partial charge in [-0.1, -0.05) is 11.6 Å². The van der Waals surface area contributed by atoms with E-state index in [9.17, 15) is 4.79 Å². The summed E-state index contributed by atoms with van der Waals surface area (Å²) in [6.07, 6.45) is 0. The number of halogens is 1. The summed E-state index contributed by atoms with van der Waals surface area (Å²) >= 11 is 6.02. The van der Waals surface area contributed by atoms with Crippen molar-refractivity contribution in [1.29, 1.82) is 0 Å². The van der Waals surface area contributed by atoms with Crippen LogP contribution in [0.1, 0.15) is 28.5 Å². The van der Waals surface area contributed by atoms with Crippen molar-refractivity contribution in [2.45, 2.75) is 20.8 Å². The minimum Gasteiger partial charge on any atom is -0.461 e. The monoisotopic (exact) mass is 251 g/mol. The van der Waals surface area contributed by atoms with Crippen molar-refractivity contribution in [3.05, 3.63) is 34.0 Å². The Kier molecular flexibility index (Phi) is 3.11. The van der Waals surface area contributed by atoms with E-state index < -0.39 is 0 Å². The number of hydrogen-bond donors (Lipinski definition) is 1. The highest BCUT2D eigenvalue weighted by atomic mass is 35.5. The molecule has 3 nitrogen and oxygen atoms in total. The lowest BCUT2D eigenvalue weighted by atomic mass is 10.1. The van der Waals surface area contributed by atoms with Crippen LogP contribution in [0.2, 0.25) is 5.02 Å². The Labute approximate surface area is 105 Å². The van der Waals surface area contributed by atoms with Crippen molar-refractivity contribution in [3.8, 4) is 0 Å². The molecule has 2 rings (SSSR count). The van der Waals surface area contributed by atoms with Crippen molar-refractivity contribution in [1.82, 2.24) is 4.98 Å². The van der Waals surface area contributed by atoms with Crippen LogP contribution in [0.3, 0.4) is 0 Å². The van der Waals surface area contributed by atoms with Crippen LogP contribution in [-0.4, -0.2) is 17.6 Å². The van der Waals surface area contributed by atoms with Gasteiger partial charge in [0, 0.05) is 15.9 Å². The summed E-state index contributed by atoms with van der Waals surface area (Å²) in [6, 6.07) is 3.73. The number of H-pyrrole nitrogens is 1. The number of benzene rings is 1. The third-order valence-corrected chi connectivity index (χ3v) is 3.03. The molecule has 0 radical (unpaired) electrons. The maximum Gasteiger partial charge on any atom is 0.355 e. The summed E-state index contributed by atoms with van der Waals surface area (Å²) in [5.74, 6) is -0.322. The van der Waals surface area contributed by atoms with E-state index in [4.69, 9.17) is 16.3 Å². The average Bonchev–Trinajstić information content (AvgIpc) is 2.57. The summed E-state index contributed by atoms with van der Waals surface area (Å²) in [5, 5.41) is 1.64. The number of carbonyl (C=O) groups is 1. The highest BCUT2D eigenvalue weighted by molar-refractivity contribution is 6.31. The number of fused-ring (bicyclic) bond motifs is 1. The molecule has 17 heavy (non-hydrogen) atoms. The van der Waals surface area contributed by atoms with E-state index in [1.54, 1.807) is 6.92 Å². The molecule has 90 valence electrons. The molecule has 2 aromatic rings. The quantitative estimate of drug-likeness (QED) is 0.829. The Bertz CT molecular complexity index is 587. The van der Waals surface area contributed by atoms with Gasteiger partial charge in [-0.2, -0.15) is 0 Å². The Morgan fingerprint density at radius 2 is 2.12 bits per heavy atom. The summed E-state index contributed by atoms with van der Waals surface area (Å²) in [5.41, 5.74) is 3.34. The summed E-state index contributed by atoms with van der Waals surface area (Å²) < 4.78 is 5.01. The molecule has 0 bridgehead atoms. The van der Waals surface area contributed by atoms with Gasteiger partial charge in [-0.3, -0.25) is 0 Å². The van der Waals surface area contributed by atoms with E-state index >= 15 is 0 Å². The van der Waals surface area contributed by atoms with Crippen molar-refractivity contribution >= 4 is 28.5 Å². The van der Waals surface area contributed by atoms with Gasteiger partial charge < -0.3 is 9.72 Å². The number of ether oxygens (including phenoxy) is 1. The molecule has 0 aliphatic carbocycles. The minimum absolute atomic E-state index is 0.322. The number of esters is 1. The molecule has 1 aromatic heterocycles. The van der Waals surface area contributed by atoms with Crippen molar-refractivity contribution in [3.63, 3.8) is 0 Å². The van der Waals surface area contributed by atoms with Crippen molar-refractivity contribution in [2.75, 3.05) is 6.61 Å². The lowest BCUT2D eigenvalue weighted by molar-refractivity contribution is 0.0520. The smallest absolute Gasteiger partial charge is 0.355 e. The Balaban J connectivity index is 2.64. The first kappa shape index (κ1) is 12.0. The first-order chi connectivity index (χ1) is 8.04. The normalized spacial score (nSPS) is 10.8. The summed E-state index contributed by atoms with van der Waals surface area (Å²) in [4.78, 5) is 14.9. The molecule has 0 saturated carbocycles. The Morgan fingerprint density at radius 3 is 2.76 bits per heavy atom. The fourth-order valence-electron chi connectivity index (χ4n) is 1.97. The molecule has 0 atom stereocenters. The largest absolute Gasteiger partial charge is 0.461 e. The summed E-state index contributed by atoms with van der Waals surface area (Å²) in [7, 11) is 0. The van der Waals surface area contributed by atoms with E-state index in [1.165, 1.54) is 0 Å². The molecular weight excluding hydrogens is 238 g/mol. The molecule has 0 aliphatic heterocycles. The molecule has 0 amide bonds. The van der Waals surface area contributed by atoms with Crippen LogP contribution in [0.15, 0.2) is 12.1 Å². The van der Waals surface area contributed by atoms with E-state index in [2.05, 4.69) is 4.98 Å². The number of aromatic nitrogens is 1. The molecule has 1 aromatic carbocycles. The van der Waals surface area contributed by atoms with E-state index in [0.717, 1.165) is 22.0 Å². The molecular formula is C13H14ClNO2. The number of hydrogen-bond acceptors (Lipinski definition) is 2. The van der Waals surface area contributed by atoms with Gasteiger partial charge in [0.25, 0.3) is 0 Å². The third-order valence-electron chi connectivity index (χ3n) is 2.81. The average molecular weight is 252 g/mol. The van der Waals surface area contributed by atoms with Crippen LogP contribution in [0.25, 0.3) is 10.9 Å². The van der Waals surface area contributed by atoms with Gasteiger partial charge in [0.1, 0.15) is 5.69 Å². The maximum absolute atomic E-state index is 11.7. The van der Waals surface area contributed by atoms with Crippen LogP contribution < -0.4 is 0 Å². The van der Waals surface area contributed by atoms with E-state index in [-0.39, 0.29) is 5.97 Å². The van der Waals surface area contributed by atoms with Gasteiger partial charge in [-0.25, -0.2) is 4.79 Å². The fraction of sp³-hybridized carbons (Fsp3) is 0.308. The van der Waals surface area contributed by atoms with Gasteiger partial charge in [0.2, 0.25) is 0 Å². The predicted molar refractivity (Wildman–Crippen MR) is 68.7 cm³/mol. The topological polar surface area (TPSA) is 42.1 Å². The number of rotatable bonds is 2. The van der Waals surface area contributed by atoms with Crippen LogP contribution in [0, 0.1) is 13.8 Å². The van der Waals surface area contributed by atoms with Gasteiger partial charge in [0.05, 0.1) is 6.61 Å². The second-order valence-corrected chi connectivity index (χ2v) is 4.43. The molecule has 0 spiro atoms. The van der Waals surface area contributed by atoms with Gasteiger partial charge in [-0.15, -0.1) is 0 Å². The second-order valence-electron chi connectivity index (χ2n) is 3.99. The first-order valence-corrected chi connectivity index (χ1v) is 5.88. The number of carbonyl (C=O) groups excluding carboxylic acids is 1. The summed E-state index contributed by atoms with van der Waals surface area (Å²) in [6.45, 7) is 6.01. The molecule has 4 heteroatoms. The van der Waals surface area contributed by atoms with Crippen LogP contribution >= 0.6 is 11.6 Å². The van der Waals surface area contributed by atoms with E-state index in [1.807, 2.05) is 26.0 Å². The van der Waals surface area contributed by atoms with Gasteiger partial charge in [-0.05, 0) is 44.0 Å². The zero-order valence-corrected chi connectivity index (χ0v) is 10.8. The fourth-order valence-corrected chi connectivity index (χ4v) is 2.24. The highest BCUT2D eigenvalue weighted by Gasteiger charge is 2.16. The van der Waals surface area contributed by atoms with Crippen molar-refractivity contribution in [2.24, 2.45) is 0 Å². The standard InChI is InChI=1S/C13H14ClNO2/c1-4-17-13(16)12-8(3)10-6-9(14)5-7(2)11(10)15-12/h5-6,15H,4H2,1-3H3. The predicted octanol–water partition coefficient (Wildman–Crippen LogP) is 3.61. The second kappa shape index (κ2) is 4.41. The third kappa shape index (κ3) is 2.03. The molecule has 0 saturated heterocycles. The maximum atomic E-state index is 11.7. The van der Waals surface area contributed by atoms with Crippen LogP contribution in [-0.2, 0) is 4.74 Å². The Morgan fingerprint density at radius 1 is 1.41 bits per heavy atom. The number of nitrogens with one attached hydrogen (secondary N) is 1.